The molecule has 4 rings (SSSR count). The molecule has 2 heterocycles. The molecule has 1 aliphatic rings. The van der Waals surface area contributed by atoms with Crippen molar-refractivity contribution >= 4 is 0 Å². The Kier molecular flexibility index (Phi) is 5.07. The van der Waals surface area contributed by atoms with Crippen molar-refractivity contribution in [3.8, 4) is 16.9 Å². The standard InChI is InChI=1S/C22H25N3O2/c1-24(22(16-26)12-13-27-17-22)14-19-15-25(20-10-6-3-7-11-20)23-21(19)18-8-4-2-5-9-18/h2-11,15,26H,12-14,16-17H2,1H3/t22-/m0/s1. The van der Waals surface area contributed by atoms with Gasteiger partial charge in [-0.05, 0) is 25.6 Å². The summed E-state index contributed by atoms with van der Waals surface area (Å²) in [6.07, 6.45) is 2.93. The van der Waals surface area contributed by atoms with Gasteiger partial charge in [-0.2, -0.15) is 5.10 Å². The Bertz CT molecular complexity index is 871. The largest absolute Gasteiger partial charge is 0.394 e. The minimum absolute atomic E-state index is 0.0942. The van der Waals surface area contributed by atoms with Gasteiger partial charge in [-0.1, -0.05) is 48.5 Å². The second-order valence-electron chi connectivity index (χ2n) is 7.19. The Hall–Kier alpha value is -2.47. The predicted octanol–water partition coefficient (Wildman–Crippen LogP) is 3.12. The van der Waals surface area contributed by atoms with Gasteiger partial charge >= 0.3 is 0 Å². The summed E-state index contributed by atoms with van der Waals surface area (Å²) >= 11 is 0. The van der Waals surface area contributed by atoms with Crippen molar-refractivity contribution < 1.29 is 9.84 Å². The van der Waals surface area contributed by atoms with Crippen LogP contribution < -0.4 is 0 Å². The van der Waals surface area contributed by atoms with E-state index in [-0.39, 0.29) is 12.1 Å². The van der Waals surface area contributed by atoms with E-state index in [4.69, 9.17) is 9.84 Å². The van der Waals surface area contributed by atoms with Gasteiger partial charge < -0.3 is 9.84 Å². The first kappa shape index (κ1) is 17.9. The highest BCUT2D eigenvalue weighted by molar-refractivity contribution is 5.63. The molecule has 1 fully saturated rings. The number of aliphatic hydroxyl groups is 1. The molecule has 1 aliphatic heterocycles. The Morgan fingerprint density at radius 3 is 2.44 bits per heavy atom. The zero-order valence-electron chi connectivity index (χ0n) is 15.6. The molecule has 0 unspecified atom stereocenters. The molecular weight excluding hydrogens is 338 g/mol. The first-order chi connectivity index (χ1) is 13.2. The molecule has 0 aliphatic carbocycles. The zero-order valence-corrected chi connectivity index (χ0v) is 15.6. The molecule has 2 aromatic carbocycles. The fraction of sp³-hybridized carbons (Fsp3) is 0.318. The topological polar surface area (TPSA) is 50.5 Å². The summed E-state index contributed by atoms with van der Waals surface area (Å²) in [5.74, 6) is 0. The molecule has 1 aromatic heterocycles. The second-order valence-corrected chi connectivity index (χ2v) is 7.19. The smallest absolute Gasteiger partial charge is 0.0972 e. The third-order valence-corrected chi connectivity index (χ3v) is 5.45. The van der Waals surface area contributed by atoms with Gasteiger partial charge in [0, 0.05) is 30.5 Å². The van der Waals surface area contributed by atoms with Crippen molar-refractivity contribution in [1.29, 1.82) is 0 Å². The molecule has 5 heteroatoms. The molecule has 1 N–H and O–H groups in total. The lowest BCUT2D eigenvalue weighted by atomic mass is 9.97. The van der Waals surface area contributed by atoms with Gasteiger partial charge in [0.1, 0.15) is 0 Å². The minimum atomic E-state index is -0.317. The van der Waals surface area contributed by atoms with Crippen molar-refractivity contribution in [1.82, 2.24) is 14.7 Å². The molecule has 0 spiro atoms. The van der Waals surface area contributed by atoms with Crippen LogP contribution in [0.2, 0.25) is 0 Å². The van der Waals surface area contributed by atoms with E-state index < -0.39 is 0 Å². The number of ether oxygens (including phenoxy) is 1. The quantitative estimate of drug-likeness (QED) is 0.731. The van der Waals surface area contributed by atoms with Crippen LogP contribution in [0.1, 0.15) is 12.0 Å². The Labute approximate surface area is 159 Å². The Balaban J connectivity index is 1.71. The summed E-state index contributed by atoms with van der Waals surface area (Å²) in [4.78, 5) is 2.21. The molecule has 27 heavy (non-hydrogen) atoms. The van der Waals surface area contributed by atoms with Crippen molar-refractivity contribution in [2.24, 2.45) is 0 Å². The predicted molar refractivity (Wildman–Crippen MR) is 106 cm³/mol. The summed E-state index contributed by atoms with van der Waals surface area (Å²) in [5, 5.41) is 14.9. The molecule has 3 aromatic rings. The molecule has 1 atom stereocenters. The van der Waals surface area contributed by atoms with Crippen LogP contribution in [0.15, 0.2) is 66.9 Å². The number of aliphatic hydroxyl groups excluding tert-OH is 1. The van der Waals surface area contributed by atoms with Crippen LogP contribution in [-0.2, 0) is 11.3 Å². The summed E-state index contributed by atoms with van der Waals surface area (Å²) in [6, 6.07) is 20.4. The van der Waals surface area contributed by atoms with Crippen LogP contribution in [-0.4, -0.2) is 52.2 Å². The summed E-state index contributed by atoms with van der Waals surface area (Å²) < 4.78 is 7.51. The SMILES string of the molecule is CN(Cc1cn(-c2ccccc2)nc1-c1ccccc1)[C@]1(CO)CCOC1. The van der Waals surface area contributed by atoms with Crippen molar-refractivity contribution in [3.63, 3.8) is 0 Å². The lowest BCUT2D eigenvalue weighted by Crippen LogP contribution is -2.49. The Morgan fingerprint density at radius 2 is 1.81 bits per heavy atom. The normalized spacial score (nSPS) is 19.7. The average molecular weight is 363 g/mol. The van der Waals surface area contributed by atoms with Crippen molar-refractivity contribution in [3.05, 3.63) is 72.4 Å². The first-order valence-corrected chi connectivity index (χ1v) is 9.31. The number of nitrogens with zero attached hydrogens (tertiary/aromatic N) is 3. The summed E-state index contributed by atoms with van der Waals surface area (Å²) in [7, 11) is 2.06. The van der Waals surface area contributed by atoms with E-state index in [1.54, 1.807) is 0 Å². The van der Waals surface area contributed by atoms with Crippen LogP contribution in [0.5, 0.6) is 0 Å². The Morgan fingerprint density at radius 1 is 1.11 bits per heavy atom. The highest BCUT2D eigenvalue weighted by Gasteiger charge is 2.38. The van der Waals surface area contributed by atoms with E-state index in [0.717, 1.165) is 28.9 Å². The third-order valence-electron chi connectivity index (χ3n) is 5.45. The fourth-order valence-corrected chi connectivity index (χ4v) is 3.64. The summed E-state index contributed by atoms with van der Waals surface area (Å²) in [6.45, 7) is 2.05. The van der Waals surface area contributed by atoms with E-state index in [9.17, 15) is 5.11 Å². The van der Waals surface area contributed by atoms with Crippen LogP contribution >= 0.6 is 0 Å². The summed E-state index contributed by atoms with van der Waals surface area (Å²) in [5.41, 5.74) is 3.91. The van der Waals surface area contributed by atoms with E-state index in [0.29, 0.717) is 19.8 Å². The molecule has 140 valence electrons. The van der Waals surface area contributed by atoms with E-state index in [1.807, 2.05) is 41.1 Å². The second kappa shape index (κ2) is 7.64. The van der Waals surface area contributed by atoms with Gasteiger partial charge in [-0.15, -0.1) is 0 Å². The third kappa shape index (κ3) is 3.54. The fourth-order valence-electron chi connectivity index (χ4n) is 3.64. The zero-order chi connectivity index (χ0) is 18.7. The minimum Gasteiger partial charge on any atom is -0.394 e. The maximum Gasteiger partial charge on any atom is 0.0972 e. The number of para-hydroxylation sites is 1. The molecule has 5 nitrogen and oxygen atoms in total. The highest BCUT2D eigenvalue weighted by Crippen LogP contribution is 2.30. The van der Waals surface area contributed by atoms with E-state index in [1.165, 1.54) is 0 Å². The molecule has 0 amide bonds. The molecule has 0 saturated carbocycles. The monoisotopic (exact) mass is 363 g/mol. The van der Waals surface area contributed by atoms with Gasteiger partial charge in [0.15, 0.2) is 0 Å². The van der Waals surface area contributed by atoms with E-state index in [2.05, 4.69) is 42.4 Å². The molecule has 0 bridgehead atoms. The number of hydrogen-bond donors (Lipinski definition) is 1. The maximum absolute atomic E-state index is 9.99. The lowest BCUT2D eigenvalue weighted by molar-refractivity contribution is 0.0315. The van der Waals surface area contributed by atoms with Gasteiger partial charge in [0.2, 0.25) is 0 Å². The maximum atomic E-state index is 9.99. The van der Waals surface area contributed by atoms with E-state index >= 15 is 0 Å². The van der Waals surface area contributed by atoms with Crippen LogP contribution in [0, 0.1) is 0 Å². The first-order valence-electron chi connectivity index (χ1n) is 9.31. The van der Waals surface area contributed by atoms with Crippen molar-refractivity contribution in [2.45, 2.75) is 18.5 Å². The average Bonchev–Trinajstić information content (AvgIpc) is 3.37. The number of benzene rings is 2. The number of likely N-dealkylation sites (N-methyl/N-ethyl adjacent to an activating group) is 1. The van der Waals surface area contributed by atoms with Gasteiger partial charge in [-0.3, -0.25) is 4.90 Å². The number of rotatable bonds is 6. The van der Waals surface area contributed by atoms with Gasteiger partial charge in [-0.25, -0.2) is 4.68 Å². The lowest BCUT2D eigenvalue weighted by Gasteiger charge is -2.35. The number of aromatic nitrogens is 2. The van der Waals surface area contributed by atoms with Gasteiger partial charge in [0.05, 0.1) is 30.1 Å². The van der Waals surface area contributed by atoms with Crippen molar-refractivity contribution in [2.75, 3.05) is 26.9 Å². The van der Waals surface area contributed by atoms with Crippen LogP contribution in [0.3, 0.4) is 0 Å². The molecule has 1 saturated heterocycles. The molecule has 0 radical (unpaired) electrons. The number of hydrogen-bond acceptors (Lipinski definition) is 4. The molecular formula is C22H25N3O2. The van der Waals surface area contributed by atoms with Crippen LogP contribution in [0.4, 0.5) is 0 Å². The highest BCUT2D eigenvalue weighted by atomic mass is 16.5. The van der Waals surface area contributed by atoms with Gasteiger partial charge in [0.25, 0.3) is 0 Å². The van der Waals surface area contributed by atoms with Crippen LogP contribution in [0.25, 0.3) is 16.9 Å².